The fourth-order valence-corrected chi connectivity index (χ4v) is 2.48. The number of carbonyl (C=O) groups excluding carboxylic acids is 1. The van der Waals surface area contributed by atoms with E-state index < -0.39 is 0 Å². The normalized spacial score (nSPS) is 10.7. The number of methoxy groups -OCH3 is 1. The number of rotatable bonds is 7. The number of benzene rings is 2. The van der Waals surface area contributed by atoms with Crippen LogP contribution >= 0.6 is 0 Å². The maximum atomic E-state index is 12.2. The van der Waals surface area contributed by atoms with Crippen molar-refractivity contribution in [3.63, 3.8) is 0 Å². The first-order chi connectivity index (χ1) is 13.2. The Bertz CT molecular complexity index is 919. The number of carbonyl (C=O) groups is 1. The molecule has 0 saturated heterocycles. The van der Waals surface area contributed by atoms with E-state index in [2.05, 4.69) is 15.4 Å². The van der Waals surface area contributed by atoms with Gasteiger partial charge in [-0.25, -0.2) is 9.67 Å². The van der Waals surface area contributed by atoms with Crippen molar-refractivity contribution in [1.29, 1.82) is 0 Å². The zero-order valence-corrected chi connectivity index (χ0v) is 15.1. The second kappa shape index (κ2) is 8.66. The van der Waals surface area contributed by atoms with Gasteiger partial charge in [0.2, 0.25) is 0 Å². The summed E-state index contributed by atoms with van der Waals surface area (Å²) in [7, 11) is 1.57. The minimum atomic E-state index is -0.261. The van der Waals surface area contributed by atoms with Crippen LogP contribution < -0.4 is 14.8 Å². The summed E-state index contributed by atoms with van der Waals surface area (Å²) in [5.74, 6) is 0.834. The molecule has 7 heteroatoms. The Morgan fingerprint density at radius 1 is 1.19 bits per heavy atom. The van der Waals surface area contributed by atoms with Crippen molar-refractivity contribution >= 4 is 17.7 Å². The molecular formula is C20H20N4O3. The van der Waals surface area contributed by atoms with E-state index in [0.717, 1.165) is 11.3 Å². The Kier molecular flexibility index (Phi) is 5.84. The minimum absolute atomic E-state index is 0.121. The van der Waals surface area contributed by atoms with Crippen LogP contribution in [-0.2, 0) is 4.79 Å². The molecule has 27 heavy (non-hydrogen) atoms. The largest absolute Gasteiger partial charge is 0.493 e. The standard InChI is InChI=1S/C20H20N4O3/c1-3-4-15-5-10-18(19(11-15)26-2)27-12-20(25)23-16-6-8-17(9-7-16)24-14-21-13-22-24/h3-11,13-14H,12H2,1-2H3,(H,23,25)/b4-3+. The first-order valence-electron chi connectivity index (χ1n) is 8.38. The Morgan fingerprint density at radius 2 is 2.00 bits per heavy atom. The summed E-state index contributed by atoms with van der Waals surface area (Å²) in [5.41, 5.74) is 2.52. The smallest absolute Gasteiger partial charge is 0.262 e. The van der Waals surface area contributed by atoms with Gasteiger partial charge in [-0.3, -0.25) is 4.79 Å². The van der Waals surface area contributed by atoms with E-state index in [4.69, 9.17) is 9.47 Å². The predicted molar refractivity (Wildman–Crippen MR) is 103 cm³/mol. The molecule has 0 unspecified atom stereocenters. The summed E-state index contributed by atoms with van der Waals surface area (Å²) < 4.78 is 12.6. The van der Waals surface area contributed by atoms with Crippen LogP contribution in [0, 0.1) is 0 Å². The van der Waals surface area contributed by atoms with E-state index in [1.165, 1.54) is 6.33 Å². The quantitative estimate of drug-likeness (QED) is 0.696. The molecule has 2 aromatic carbocycles. The highest BCUT2D eigenvalue weighted by molar-refractivity contribution is 5.92. The molecule has 1 amide bonds. The topological polar surface area (TPSA) is 78.3 Å². The number of nitrogens with one attached hydrogen (secondary N) is 1. The number of hydrogen-bond acceptors (Lipinski definition) is 5. The van der Waals surface area contributed by atoms with Crippen molar-refractivity contribution < 1.29 is 14.3 Å². The summed E-state index contributed by atoms with van der Waals surface area (Å²) in [6.45, 7) is 1.82. The molecule has 3 rings (SSSR count). The lowest BCUT2D eigenvalue weighted by Crippen LogP contribution is -2.20. The third-order valence-electron chi connectivity index (χ3n) is 3.74. The van der Waals surface area contributed by atoms with Crippen LogP contribution in [-0.4, -0.2) is 34.4 Å². The van der Waals surface area contributed by atoms with Crippen LogP contribution in [0.15, 0.2) is 61.2 Å². The SMILES string of the molecule is C/C=C/c1ccc(OCC(=O)Nc2ccc(-n3cncn3)cc2)c(OC)c1. The van der Waals surface area contributed by atoms with Crippen LogP contribution in [0.3, 0.4) is 0 Å². The van der Waals surface area contributed by atoms with Gasteiger partial charge in [0.15, 0.2) is 18.1 Å². The first kappa shape index (κ1) is 18.2. The summed E-state index contributed by atoms with van der Waals surface area (Å²) in [4.78, 5) is 16.1. The number of anilines is 1. The van der Waals surface area contributed by atoms with Crippen molar-refractivity contribution in [3.05, 3.63) is 66.8 Å². The molecule has 1 N–H and O–H groups in total. The van der Waals surface area contributed by atoms with Gasteiger partial charge in [-0.05, 0) is 48.9 Å². The number of nitrogens with zero attached hydrogens (tertiary/aromatic N) is 3. The van der Waals surface area contributed by atoms with Crippen LogP contribution in [0.1, 0.15) is 12.5 Å². The third-order valence-corrected chi connectivity index (χ3v) is 3.74. The van der Waals surface area contributed by atoms with Gasteiger partial charge in [0.05, 0.1) is 12.8 Å². The molecule has 7 nitrogen and oxygen atoms in total. The van der Waals surface area contributed by atoms with Gasteiger partial charge in [-0.1, -0.05) is 18.2 Å². The van der Waals surface area contributed by atoms with Crippen LogP contribution in [0.4, 0.5) is 5.69 Å². The van der Waals surface area contributed by atoms with E-state index in [1.54, 1.807) is 36.3 Å². The lowest BCUT2D eigenvalue weighted by atomic mass is 10.2. The molecule has 0 bridgehead atoms. The predicted octanol–water partition coefficient (Wildman–Crippen LogP) is 3.33. The fourth-order valence-electron chi connectivity index (χ4n) is 2.48. The third kappa shape index (κ3) is 4.72. The van der Waals surface area contributed by atoms with Crippen LogP contribution in [0.25, 0.3) is 11.8 Å². The summed E-state index contributed by atoms with van der Waals surface area (Å²) in [5, 5.41) is 6.85. The van der Waals surface area contributed by atoms with Gasteiger partial charge in [0, 0.05) is 5.69 Å². The van der Waals surface area contributed by atoms with Gasteiger partial charge >= 0.3 is 0 Å². The monoisotopic (exact) mass is 364 g/mol. The molecule has 0 fully saturated rings. The average molecular weight is 364 g/mol. The summed E-state index contributed by atoms with van der Waals surface area (Å²) in [6.07, 6.45) is 6.97. The average Bonchev–Trinajstić information content (AvgIpc) is 3.22. The van der Waals surface area contributed by atoms with E-state index in [1.807, 2.05) is 43.3 Å². The highest BCUT2D eigenvalue weighted by Gasteiger charge is 2.09. The van der Waals surface area contributed by atoms with E-state index in [-0.39, 0.29) is 12.5 Å². The molecule has 0 aliphatic rings. The summed E-state index contributed by atoms with van der Waals surface area (Å²) >= 11 is 0. The molecule has 1 aromatic heterocycles. The molecule has 138 valence electrons. The molecule has 0 spiro atoms. The molecule has 0 atom stereocenters. The van der Waals surface area contributed by atoms with Crippen molar-refractivity contribution in [2.75, 3.05) is 19.0 Å². The van der Waals surface area contributed by atoms with Gasteiger partial charge in [0.25, 0.3) is 5.91 Å². The summed E-state index contributed by atoms with van der Waals surface area (Å²) in [6, 6.07) is 12.8. The molecule has 0 saturated carbocycles. The molecule has 3 aromatic rings. The van der Waals surface area contributed by atoms with E-state index in [9.17, 15) is 4.79 Å². The molecular weight excluding hydrogens is 344 g/mol. The van der Waals surface area contributed by atoms with Crippen molar-refractivity contribution in [2.45, 2.75) is 6.92 Å². The zero-order chi connectivity index (χ0) is 19.1. The van der Waals surface area contributed by atoms with Gasteiger partial charge < -0.3 is 14.8 Å². The maximum absolute atomic E-state index is 12.2. The van der Waals surface area contributed by atoms with Crippen LogP contribution in [0.2, 0.25) is 0 Å². The Hall–Kier alpha value is -3.61. The van der Waals surface area contributed by atoms with Gasteiger partial charge in [-0.2, -0.15) is 5.10 Å². The first-order valence-corrected chi connectivity index (χ1v) is 8.38. The number of amides is 1. The highest BCUT2D eigenvalue weighted by Crippen LogP contribution is 2.28. The fraction of sp³-hybridized carbons (Fsp3) is 0.150. The minimum Gasteiger partial charge on any atom is -0.493 e. The number of aromatic nitrogens is 3. The maximum Gasteiger partial charge on any atom is 0.262 e. The van der Waals surface area contributed by atoms with Gasteiger partial charge in [-0.15, -0.1) is 0 Å². The molecule has 0 radical (unpaired) electrons. The molecule has 0 aliphatic carbocycles. The Labute approximate surface area is 157 Å². The van der Waals surface area contributed by atoms with Crippen molar-refractivity contribution in [3.8, 4) is 17.2 Å². The lowest BCUT2D eigenvalue weighted by Gasteiger charge is -2.12. The van der Waals surface area contributed by atoms with Crippen LogP contribution in [0.5, 0.6) is 11.5 Å². The Balaban J connectivity index is 1.58. The second-order valence-corrected chi connectivity index (χ2v) is 5.63. The van der Waals surface area contributed by atoms with Crippen molar-refractivity contribution in [1.82, 2.24) is 14.8 Å². The molecule has 1 heterocycles. The second-order valence-electron chi connectivity index (χ2n) is 5.63. The Morgan fingerprint density at radius 3 is 2.67 bits per heavy atom. The number of hydrogen-bond donors (Lipinski definition) is 1. The van der Waals surface area contributed by atoms with Crippen molar-refractivity contribution in [2.24, 2.45) is 0 Å². The van der Waals surface area contributed by atoms with E-state index in [0.29, 0.717) is 17.2 Å². The van der Waals surface area contributed by atoms with E-state index >= 15 is 0 Å². The number of ether oxygens (including phenoxy) is 2. The zero-order valence-electron chi connectivity index (χ0n) is 15.1. The van der Waals surface area contributed by atoms with Gasteiger partial charge in [0.1, 0.15) is 12.7 Å². The number of allylic oxidation sites excluding steroid dienone is 1. The highest BCUT2D eigenvalue weighted by atomic mass is 16.5. The molecule has 0 aliphatic heterocycles. The lowest BCUT2D eigenvalue weighted by molar-refractivity contribution is -0.118.